The van der Waals surface area contributed by atoms with E-state index in [0.717, 1.165) is 37.9 Å². The average molecular weight is 458 g/mol. The molecule has 0 saturated carbocycles. The van der Waals surface area contributed by atoms with Crippen LogP contribution in [0.4, 0.5) is 0 Å². The molecule has 0 radical (unpaired) electrons. The molecule has 0 fully saturated rings. The van der Waals surface area contributed by atoms with Gasteiger partial charge in [0.05, 0.1) is 22.4 Å². The minimum atomic E-state index is -0.178. The predicted octanol–water partition coefficient (Wildman–Crippen LogP) is 6.84. The summed E-state index contributed by atoms with van der Waals surface area (Å²) in [5.41, 5.74) is 5.78. The highest BCUT2D eigenvalue weighted by Gasteiger charge is 2.30. The zero-order chi connectivity index (χ0) is 21.9. The standard InChI is InChI=1S/C26H23N3OS2/c1-15-20-12-30-26(2,3)11-19(20)21-22-23(32-24(21)29-15)25(28-14-27-22)31-13-16-8-9-17-6-4-5-7-18(17)10-16/h4-10,14H,11-13H2,1-3H3. The van der Waals surface area contributed by atoms with Crippen LogP contribution in [0.15, 0.2) is 53.8 Å². The summed E-state index contributed by atoms with van der Waals surface area (Å²) in [6.45, 7) is 7.02. The second kappa shape index (κ2) is 7.51. The zero-order valence-electron chi connectivity index (χ0n) is 18.3. The molecule has 3 aromatic heterocycles. The fraction of sp³-hybridized carbons (Fsp3) is 0.269. The van der Waals surface area contributed by atoms with Crippen molar-refractivity contribution in [3.05, 3.63) is 71.2 Å². The van der Waals surface area contributed by atoms with Crippen LogP contribution in [0.1, 0.15) is 36.2 Å². The van der Waals surface area contributed by atoms with Gasteiger partial charge in [0, 0.05) is 28.8 Å². The Kier molecular flexibility index (Phi) is 4.72. The van der Waals surface area contributed by atoms with Crippen LogP contribution >= 0.6 is 23.1 Å². The molecule has 1 aliphatic heterocycles. The van der Waals surface area contributed by atoms with Gasteiger partial charge in [0.25, 0.3) is 0 Å². The molecule has 0 aliphatic carbocycles. The van der Waals surface area contributed by atoms with Crippen molar-refractivity contribution in [2.75, 3.05) is 0 Å². The Morgan fingerprint density at radius 2 is 1.91 bits per heavy atom. The highest BCUT2D eigenvalue weighted by Crippen LogP contribution is 2.42. The molecule has 4 nitrogen and oxygen atoms in total. The first-order valence-electron chi connectivity index (χ1n) is 10.8. The molecule has 0 saturated heterocycles. The van der Waals surface area contributed by atoms with Gasteiger partial charge >= 0.3 is 0 Å². The number of thiophene rings is 1. The number of aromatic nitrogens is 3. The summed E-state index contributed by atoms with van der Waals surface area (Å²) in [7, 11) is 0. The minimum absolute atomic E-state index is 0.178. The van der Waals surface area contributed by atoms with Crippen LogP contribution in [0.5, 0.6) is 0 Å². The lowest BCUT2D eigenvalue weighted by atomic mass is 9.89. The quantitative estimate of drug-likeness (QED) is 0.219. The van der Waals surface area contributed by atoms with Crippen LogP contribution in [0.2, 0.25) is 0 Å². The van der Waals surface area contributed by atoms with Gasteiger partial charge in [-0.3, -0.25) is 0 Å². The van der Waals surface area contributed by atoms with Gasteiger partial charge in [-0.15, -0.1) is 23.1 Å². The van der Waals surface area contributed by atoms with Crippen LogP contribution in [0, 0.1) is 6.92 Å². The maximum atomic E-state index is 6.08. The minimum Gasteiger partial charge on any atom is -0.370 e. The van der Waals surface area contributed by atoms with E-state index in [4.69, 9.17) is 14.7 Å². The number of thioether (sulfide) groups is 1. The molecule has 0 N–H and O–H groups in total. The molecule has 32 heavy (non-hydrogen) atoms. The molecule has 0 amide bonds. The topological polar surface area (TPSA) is 47.9 Å². The molecule has 4 heterocycles. The van der Waals surface area contributed by atoms with Gasteiger partial charge in [-0.05, 0) is 42.7 Å². The molecule has 0 spiro atoms. The predicted molar refractivity (Wildman–Crippen MR) is 134 cm³/mol. The first-order valence-corrected chi connectivity index (χ1v) is 12.6. The van der Waals surface area contributed by atoms with Crippen molar-refractivity contribution in [2.24, 2.45) is 0 Å². The Bertz CT molecular complexity index is 1510. The summed E-state index contributed by atoms with van der Waals surface area (Å²) in [6.07, 6.45) is 2.57. The number of rotatable bonds is 3. The van der Waals surface area contributed by atoms with E-state index in [1.54, 1.807) is 29.4 Å². The summed E-state index contributed by atoms with van der Waals surface area (Å²) in [4.78, 5) is 15.4. The molecular formula is C26H23N3OS2. The Balaban J connectivity index is 1.42. The number of fused-ring (bicyclic) bond motifs is 6. The number of aryl methyl sites for hydroxylation is 1. The van der Waals surface area contributed by atoms with Crippen molar-refractivity contribution in [3.8, 4) is 0 Å². The average Bonchev–Trinajstić information content (AvgIpc) is 3.15. The fourth-order valence-corrected chi connectivity index (χ4v) is 6.75. The molecular weight excluding hydrogens is 434 g/mol. The van der Waals surface area contributed by atoms with Crippen LogP contribution < -0.4 is 0 Å². The Hall–Kier alpha value is -2.54. The number of hydrogen-bond donors (Lipinski definition) is 0. The number of hydrogen-bond acceptors (Lipinski definition) is 6. The van der Waals surface area contributed by atoms with Gasteiger partial charge in [0.15, 0.2) is 0 Å². The summed E-state index contributed by atoms with van der Waals surface area (Å²) in [6, 6.07) is 15.2. The lowest BCUT2D eigenvalue weighted by molar-refractivity contribution is -0.0400. The highest BCUT2D eigenvalue weighted by molar-refractivity contribution is 7.98. The van der Waals surface area contributed by atoms with Gasteiger partial charge < -0.3 is 4.74 Å². The maximum Gasteiger partial charge on any atom is 0.126 e. The van der Waals surface area contributed by atoms with Crippen molar-refractivity contribution < 1.29 is 4.74 Å². The van der Waals surface area contributed by atoms with Gasteiger partial charge in [0.2, 0.25) is 0 Å². The van der Waals surface area contributed by atoms with E-state index in [-0.39, 0.29) is 5.60 Å². The normalized spacial score (nSPS) is 15.5. The van der Waals surface area contributed by atoms with E-state index >= 15 is 0 Å². The van der Waals surface area contributed by atoms with Crippen molar-refractivity contribution in [1.82, 2.24) is 15.0 Å². The van der Waals surface area contributed by atoms with Gasteiger partial charge in [0.1, 0.15) is 16.2 Å². The van der Waals surface area contributed by atoms with Gasteiger partial charge in [-0.1, -0.05) is 42.5 Å². The third kappa shape index (κ3) is 3.38. The van der Waals surface area contributed by atoms with E-state index in [1.807, 2.05) is 0 Å². The number of nitrogens with zero attached hydrogens (tertiary/aromatic N) is 3. The summed E-state index contributed by atoms with van der Waals surface area (Å²) in [5, 5.41) is 4.77. The van der Waals surface area contributed by atoms with Gasteiger partial charge in [-0.25, -0.2) is 15.0 Å². The molecule has 6 heteroatoms. The maximum absolute atomic E-state index is 6.08. The fourth-order valence-electron chi connectivity index (χ4n) is 4.53. The first-order chi connectivity index (χ1) is 15.5. The summed E-state index contributed by atoms with van der Waals surface area (Å²) < 4.78 is 7.22. The van der Waals surface area contributed by atoms with Crippen molar-refractivity contribution in [1.29, 1.82) is 0 Å². The number of benzene rings is 2. The van der Waals surface area contributed by atoms with Crippen molar-refractivity contribution in [3.63, 3.8) is 0 Å². The Morgan fingerprint density at radius 1 is 1.06 bits per heavy atom. The van der Waals surface area contributed by atoms with Crippen LogP contribution in [0.3, 0.4) is 0 Å². The van der Waals surface area contributed by atoms with E-state index in [9.17, 15) is 0 Å². The monoisotopic (exact) mass is 457 g/mol. The highest BCUT2D eigenvalue weighted by atomic mass is 32.2. The third-order valence-electron chi connectivity index (χ3n) is 6.19. The second-order valence-corrected chi connectivity index (χ2v) is 11.0. The molecule has 5 aromatic rings. The number of ether oxygens (including phenoxy) is 1. The van der Waals surface area contributed by atoms with E-state index in [2.05, 4.69) is 68.2 Å². The summed E-state index contributed by atoms with van der Waals surface area (Å²) in [5.74, 6) is 0.872. The number of pyridine rings is 1. The molecule has 0 unspecified atom stereocenters. The zero-order valence-corrected chi connectivity index (χ0v) is 19.9. The largest absolute Gasteiger partial charge is 0.370 e. The van der Waals surface area contributed by atoms with E-state index in [1.165, 1.54) is 32.8 Å². The molecule has 0 bridgehead atoms. The Labute approximate surface area is 195 Å². The van der Waals surface area contributed by atoms with Crippen molar-refractivity contribution in [2.45, 2.75) is 50.2 Å². The van der Waals surface area contributed by atoms with Gasteiger partial charge in [-0.2, -0.15) is 0 Å². The van der Waals surface area contributed by atoms with Crippen LogP contribution in [-0.4, -0.2) is 20.6 Å². The van der Waals surface area contributed by atoms with Crippen LogP contribution in [0.25, 0.3) is 31.2 Å². The van der Waals surface area contributed by atoms with Crippen molar-refractivity contribution >= 4 is 54.3 Å². The molecule has 160 valence electrons. The van der Waals surface area contributed by atoms with Crippen LogP contribution in [-0.2, 0) is 23.5 Å². The third-order valence-corrected chi connectivity index (χ3v) is 8.46. The lowest BCUT2D eigenvalue weighted by Gasteiger charge is -2.32. The molecule has 1 aliphatic rings. The Morgan fingerprint density at radius 3 is 2.78 bits per heavy atom. The van der Waals surface area contributed by atoms with E-state index in [0.29, 0.717) is 6.61 Å². The molecule has 2 aromatic carbocycles. The lowest BCUT2D eigenvalue weighted by Crippen LogP contribution is -2.32. The molecule has 6 rings (SSSR count). The molecule has 0 atom stereocenters. The summed E-state index contributed by atoms with van der Waals surface area (Å²) >= 11 is 3.49. The smallest absolute Gasteiger partial charge is 0.126 e. The second-order valence-electron chi connectivity index (χ2n) is 8.99. The van der Waals surface area contributed by atoms with E-state index < -0.39 is 0 Å². The SMILES string of the molecule is Cc1nc2sc3c(SCc4ccc5ccccc5c4)ncnc3c2c2c1COC(C)(C)C2. The first kappa shape index (κ1) is 20.1.